The molecule has 0 amide bonds. The molecule has 1 saturated carbocycles. The summed E-state index contributed by atoms with van der Waals surface area (Å²) in [6.07, 6.45) is 6.50. The maximum atomic E-state index is 8.63. The van der Waals surface area contributed by atoms with Crippen LogP contribution in [0.15, 0.2) is 12.1 Å². The zero-order chi connectivity index (χ0) is 12.1. The molecular weight excluding hydrogens is 212 g/mol. The van der Waals surface area contributed by atoms with Crippen molar-refractivity contribution in [2.75, 3.05) is 11.9 Å². The highest BCUT2D eigenvalue weighted by molar-refractivity contribution is 5.35. The predicted octanol–water partition coefficient (Wildman–Crippen LogP) is 2.73. The van der Waals surface area contributed by atoms with Crippen LogP contribution in [-0.4, -0.2) is 16.7 Å². The van der Waals surface area contributed by atoms with E-state index >= 15 is 0 Å². The average Bonchev–Trinajstić information content (AvgIpc) is 2.33. The van der Waals surface area contributed by atoms with Gasteiger partial charge in [-0.25, -0.2) is 0 Å². The summed E-state index contributed by atoms with van der Waals surface area (Å²) in [7, 11) is 0. The zero-order valence-corrected chi connectivity index (χ0v) is 10.2. The Morgan fingerprint density at radius 3 is 2.71 bits per heavy atom. The first-order valence-corrected chi connectivity index (χ1v) is 6.26. The highest BCUT2D eigenvalue weighted by atomic mass is 15.2. The van der Waals surface area contributed by atoms with E-state index in [9.17, 15) is 0 Å². The van der Waals surface area contributed by atoms with Gasteiger partial charge in [-0.05, 0) is 36.8 Å². The number of hydrogen-bond acceptors (Lipinski definition) is 4. The molecule has 0 radical (unpaired) electrons. The lowest BCUT2D eigenvalue weighted by molar-refractivity contribution is 0.135. The average molecular weight is 230 g/mol. The molecule has 2 rings (SSSR count). The van der Waals surface area contributed by atoms with Crippen molar-refractivity contribution in [1.82, 2.24) is 10.2 Å². The number of hydrogen-bond donors (Lipinski definition) is 1. The van der Waals surface area contributed by atoms with E-state index in [1.807, 2.05) is 12.1 Å². The van der Waals surface area contributed by atoms with Crippen LogP contribution in [0.25, 0.3) is 0 Å². The Hall–Kier alpha value is -1.63. The molecule has 4 heteroatoms. The molecule has 90 valence electrons. The first kappa shape index (κ1) is 11.8. The fraction of sp³-hybridized carbons (Fsp3) is 0.615. The van der Waals surface area contributed by atoms with Crippen LogP contribution in [0.1, 0.15) is 44.7 Å². The molecule has 0 aliphatic heterocycles. The van der Waals surface area contributed by atoms with Gasteiger partial charge in [0.15, 0.2) is 5.69 Å². The number of anilines is 1. The SMILES string of the molecule is CCCC1(CNc2ccc(C#N)nn2)CCC1. The lowest BCUT2D eigenvalue weighted by atomic mass is 9.66. The fourth-order valence-corrected chi connectivity index (χ4v) is 2.49. The summed E-state index contributed by atoms with van der Waals surface area (Å²) in [6, 6.07) is 5.49. The Morgan fingerprint density at radius 1 is 1.41 bits per heavy atom. The highest BCUT2D eigenvalue weighted by Crippen LogP contribution is 2.44. The van der Waals surface area contributed by atoms with Gasteiger partial charge >= 0.3 is 0 Å². The van der Waals surface area contributed by atoms with E-state index in [0.717, 1.165) is 12.4 Å². The van der Waals surface area contributed by atoms with Gasteiger partial charge in [0, 0.05) is 6.54 Å². The van der Waals surface area contributed by atoms with Gasteiger partial charge in [-0.3, -0.25) is 0 Å². The van der Waals surface area contributed by atoms with Crippen molar-refractivity contribution in [3.63, 3.8) is 0 Å². The van der Waals surface area contributed by atoms with Crippen molar-refractivity contribution in [2.45, 2.75) is 39.0 Å². The zero-order valence-electron chi connectivity index (χ0n) is 10.2. The van der Waals surface area contributed by atoms with Gasteiger partial charge in [0.1, 0.15) is 11.9 Å². The van der Waals surface area contributed by atoms with Gasteiger partial charge in [-0.15, -0.1) is 10.2 Å². The smallest absolute Gasteiger partial charge is 0.163 e. The van der Waals surface area contributed by atoms with Gasteiger partial charge in [0.05, 0.1) is 0 Å². The highest BCUT2D eigenvalue weighted by Gasteiger charge is 2.35. The summed E-state index contributed by atoms with van der Waals surface area (Å²) in [5.74, 6) is 0.770. The Kier molecular flexibility index (Phi) is 3.58. The van der Waals surface area contributed by atoms with Crippen LogP contribution in [0.3, 0.4) is 0 Å². The third kappa shape index (κ3) is 2.73. The molecule has 0 bridgehead atoms. The number of nitrogens with zero attached hydrogens (tertiary/aromatic N) is 3. The molecule has 1 fully saturated rings. The Morgan fingerprint density at radius 2 is 2.24 bits per heavy atom. The van der Waals surface area contributed by atoms with Gasteiger partial charge < -0.3 is 5.32 Å². The molecule has 1 aliphatic rings. The van der Waals surface area contributed by atoms with Crippen LogP contribution >= 0.6 is 0 Å². The van der Waals surface area contributed by atoms with E-state index in [2.05, 4.69) is 22.4 Å². The number of nitriles is 1. The standard InChI is InChI=1S/C13H18N4/c1-2-6-13(7-3-8-13)10-15-12-5-4-11(9-14)16-17-12/h4-5H,2-3,6-8,10H2,1H3,(H,15,17). The van der Waals surface area contributed by atoms with Gasteiger partial charge in [-0.2, -0.15) is 5.26 Å². The molecule has 4 nitrogen and oxygen atoms in total. The van der Waals surface area contributed by atoms with Gasteiger partial charge in [0.2, 0.25) is 0 Å². The summed E-state index contributed by atoms with van der Waals surface area (Å²) >= 11 is 0. The molecule has 1 N–H and O–H groups in total. The Bertz CT molecular complexity index is 400. The molecule has 1 aromatic heterocycles. The molecule has 0 saturated heterocycles. The van der Waals surface area contributed by atoms with Crippen molar-refractivity contribution in [3.05, 3.63) is 17.8 Å². The topological polar surface area (TPSA) is 61.6 Å². The van der Waals surface area contributed by atoms with Gasteiger partial charge in [0.25, 0.3) is 0 Å². The largest absolute Gasteiger partial charge is 0.368 e. The minimum atomic E-state index is 0.363. The maximum absolute atomic E-state index is 8.63. The van der Waals surface area contributed by atoms with E-state index in [1.54, 1.807) is 6.07 Å². The summed E-state index contributed by atoms with van der Waals surface area (Å²) < 4.78 is 0. The molecule has 0 spiro atoms. The first-order valence-electron chi connectivity index (χ1n) is 6.26. The van der Waals surface area contributed by atoms with Crippen molar-refractivity contribution < 1.29 is 0 Å². The summed E-state index contributed by atoms with van der Waals surface area (Å²) in [5.41, 5.74) is 0.840. The molecule has 0 aromatic carbocycles. The predicted molar refractivity (Wildman–Crippen MR) is 66.4 cm³/mol. The molecule has 1 heterocycles. The lowest BCUT2D eigenvalue weighted by Crippen LogP contribution is -2.36. The Balaban J connectivity index is 1.90. The van der Waals surface area contributed by atoms with Crippen LogP contribution in [0.5, 0.6) is 0 Å². The normalized spacial score (nSPS) is 16.9. The molecular formula is C13H18N4. The molecule has 1 aromatic rings. The second-order valence-corrected chi connectivity index (χ2v) is 4.87. The third-order valence-corrected chi connectivity index (χ3v) is 3.62. The Labute approximate surface area is 102 Å². The second kappa shape index (κ2) is 5.13. The van der Waals surface area contributed by atoms with Crippen molar-refractivity contribution in [3.8, 4) is 6.07 Å². The van der Waals surface area contributed by atoms with Crippen LogP contribution in [0, 0.1) is 16.7 Å². The monoisotopic (exact) mass is 230 g/mol. The van der Waals surface area contributed by atoms with E-state index < -0.39 is 0 Å². The minimum absolute atomic E-state index is 0.363. The third-order valence-electron chi connectivity index (χ3n) is 3.62. The van der Waals surface area contributed by atoms with E-state index in [-0.39, 0.29) is 0 Å². The van der Waals surface area contributed by atoms with Crippen LogP contribution < -0.4 is 5.32 Å². The second-order valence-electron chi connectivity index (χ2n) is 4.87. The van der Waals surface area contributed by atoms with Gasteiger partial charge in [-0.1, -0.05) is 19.8 Å². The quantitative estimate of drug-likeness (QED) is 0.844. The van der Waals surface area contributed by atoms with E-state index in [1.165, 1.54) is 32.1 Å². The van der Waals surface area contributed by atoms with Crippen molar-refractivity contribution in [1.29, 1.82) is 5.26 Å². The van der Waals surface area contributed by atoms with Crippen molar-refractivity contribution in [2.24, 2.45) is 5.41 Å². The molecule has 0 atom stereocenters. The first-order chi connectivity index (χ1) is 8.28. The van der Waals surface area contributed by atoms with Crippen LogP contribution in [-0.2, 0) is 0 Å². The minimum Gasteiger partial charge on any atom is -0.368 e. The summed E-state index contributed by atoms with van der Waals surface area (Å²) in [5, 5.41) is 19.8. The number of nitrogens with one attached hydrogen (secondary N) is 1. The fourth-order valence-electron chi connectivity index (χ4n) is 2.49. The summed E-state index contributed by atoms with van der Waals surface area (Å²) in [6.45, 7) is 3.21. The van der Waals surface area contributed by atoms with Crippen LogP contribution in [0.2, 0.25) is 0 Å². The molecule has 0 unspecified atom stereocenters. The summed E-state index contributed by atoms with van der Waals surface area (Å²) in [4.78, 5) is 0. The van der Waals surface area contributed by atoms with E-state index in [4.69, 9.17) is 5.26 Å². The molecule has 1 aliphatic carbocycles. The molecule has 17 heavy (non-hydrogen) atoms. The van der Waals surface area contributed by atoms with E-state index in [0.29, 0.717) is 11.1 Å². The van der Waals surface area contributed by atoms with Crippen molar-refractivity contribution >= 4 is 5.82 Å². The maximum Gasteiger partial charge on any atom is 0.163 e. The lowest BCUT2D eigenvalue weighted by Gasteiger charge is -2.42. The number of aromatic nitrogens is 2. The van der Waals surface area contributed by atoms with Crippen LogP contribution in [0.4, 0.5) is 5.82 Å². The number of rotatable bonds is 5.